The Hall–Kier alpha value is -3.90. The molecule has 1 saturated heterocycles. The van der Waals surface area contributed by atoms with Gasteiger partial charge in [-0.3, -0.25) is 33.3 Å². The minimum Gasteiger partial charge on any atom is -0.394 e. The van der Waals surface area contributed by atoms with Crippen LogP contribution in [0.3, 0.4) is 0 Å². The first-order chi connectivity index (χ1) is 21.4. The minimum absolute atomic E-state index is 0.0685. The van der Waals surface area contributed by atoms with Gasteiger partial charge in [-0.25, -0.2) is 9.55 Å². The Morgan fingerprint density at radius 3 is 2.17 bits per heavy atom. The van der Waals surface area contributed by atoms with Gasteiger partial charge in [0.2, 0.25) is 35.4 Å². The number of nitrogens with one attached hydrogen (secondary N) is 5. The van der Waals surface area contributed by atoms with Crippen LogP contribution in [0.1, 0.15) is 52.7 Å². The summed E-state index contributed by atoms with van der Waals surface area (Å²) in [6, 6.07) is -6.67. The van der Waals surface area contributed by atoms with Crippen molar-refractivity contribution >= 4 is 43.3 Å². The molecule has 1 aromatic heterocycles. The summed E-state index contributed by atoms with van der Waals surface area (Å²) in [6.07, 6.45) is 2.23. The second-order valence-electron chi connectivity index (χ2n) is 11.3. The van der Waals surface area contributed by atoms with Gasteiger partial charge in [-0.2, -0.15) is 0 Å². The summed E-state index contributed by atoms with van der Waals surface area (Å²) < 4.78 is 15.6. The second-order valence-corrected chi connectivity index (χ2v) is 12.5. The number of amides is 6. The van der Waals surface area contributed by atoms with E-state index in [1.54, 1.807) is 0 Å². The molecule has 0 radical (unpaired) electrons. The number of carbonyl (C=O) groups excluding carboxylic acids is 6. The molecule has 10 N–H and O–H groups in total. The molecule has 2 heterocycles. The van der Waals surface area contributed by atoms with Crippen molar-refractivity contribution in [3.05, 3.63) is 18.2 Å². The normalized spacial score (nSPS) is 18.2. The van der Waals surface area contributed by atoms with Gasteiger partial charge in [-0.05, 0) is 32.1 Å². The average molecular weight is 675 g/mol. The molecule has 258 valence electrons. The van der Waals surface area contributed by atoms with Crippen molar-refractivity contribution in [3.63, 3.8) is 0 Å². The number of aromatic nitrogens is 2. The topological polar surface area (TPSA) is 295 Å². The molecule has 1 aromatic rings. The number of phosphoric ester groups is 1. The van der Waals surface area contributed by atoms with Gasteiger partial charge in [0.05, 0.1) is 19.0 Å². The molecule has 0 aromatic carbocycles. The molecule has 6 atom stereocenters. The predicted octanol–water partition coefficient (Wildman–Crippen LogP) is -3.08. The van der Waals surface area contributed by atoms with Crippen LogP contribution in [0.5, 0.6) is 0 Å². The van der Waals surface area contributed by atoms with Crippen LogP contribution in [0.4, 0.5) is 0 Å². The van der Waals surface area contributed by atoms with Crippen LogP contribution in [0.2, 0.25) is 0 Å². The molecule has 1 aliphatic rings. The van der Waals surface area contributed by atoms with Gasteiger partial charge in [0.25, 0.3) is 0 Å². The number of likely N-dealkylation sites (tertiary alicyclic amines) is 1. The van der Waals surface area contributed by atoms with Crippen molar-refractivity contribution in [1.29, 1.82) is 0 Å². The smallest absolute Gasteiger partial charge is 0.394 e. The predicted molar refractivity (Wildman–Crippen MR) is 159 cm³/mol. The first kappa shape index (κ1) is 38.3. The highest BCUT2D eigenvalue weighted by Gasteiger charge is 2.37. The molecule has 20 heteroatoms. The highest BCUT2D eigenvalue weighted by molar-refractivity contribution is 7.46. The number of imidazole rings is 1. The lowest BCUT2D eigenvalue weighted by molar-refractivity contribution is -0.139. The molecule has 3 unspecified atom stereocenters. The quantitative estimate of drug-likeness (QED) is 0.0744. The first-order valence-corrected chi connectivity index (χ1v) is 16.1. The van der Waals surface area contributed by atoms with E-state index in [2.05, 4.69) is 35.8 Å². The number of phosphoric acid groups is 1. The number of carbonyl (C=O) groups is 6. The number of H-pyrrole nitrogens is 1. The molecule has 6 amide bonds. The van der Waals surface area contributed by atoms with E-state index in [9.17, 15) is 38.4 Å². The van der Waals surface area contributed by atoms with Crippen molar-refractivity contribution in [1.82, 2.24) is 36.1 Å². The maximum Gasteiger partial charge on any atom is 0.469 e. The number of hydrogen-bond donors (Lipinski definition) is 9. The molecule has 1 fully saturated rings. The molecule has 0 aliphatic carbocycles. The van der Waals surface area contributed by atoms with Crippen LogP contribution >= 0.6 is 7.82 Å². The fraction of sp³-hybridized carbons (Fsp3) is 0.654. The van der Waals surface area contributed by atoms with E-state index in [0.29, 0.717) is 25.1 Å². The zero-order chi connectivity index (χ0) is 34.8. The van der Waals surface area contributed by atoms with Gasteiger partial charge in [0, 0.05) is 31.8 Å². The number of primary amides is 1. The summed E-state index contributed by atoms with van der Waals surface area (Å²) in [5.41, 5.74) is 5.66. The number of aromatic amines is 1. The number of nitrogens with zero attached hydrogens (tertiary/aromatic N) is 2. The van der Waals surface area contributed by atoms with Crippen molar-refractivity contribution in [2.75, 3.05) is 13.2 Å². The van der Waals surface area contributed by atoms with Crippen molar-refractivity contribution in [3.8, 4) is 0 Å². The summed E-state index contributed by atoms with van der Waals surface area (Å²) in [6.45, 7) is 5.50. The van der Waals surface area contributed by atoms with Crippen molar-refractivity contribution in [2.45, 2.75) is 89.7 Å². The molecule has 46 heavy (non-hydrogen) atoms. The van der Waals surface area contributed by atoms with Gasteiger partial charge in [0.15, 0.2) is 0 Å². The van der Waals surface area contributed by atoms with E-state index in [1.807, 2.05) is 13.8 Å². The van der Waals surface area contributed by atoms with Crippen LogP contribution in [-0.2, 0) is 44.3 Å². The maximum absolute atomic E-state index is 13.5. The summed E-state index contributed by atoms with van der Waals surface area (Å²) in [5, 5.41) is 19.5. The van der Waals surface area contributed by atoms with Crippen LogP contribution in [-0.4, -0.2) is 115 Å². The standard InChI is InChI=1S/C26H43N8O11P/c1-13(2)8-17(31-26(41)20-6-5-7-34(20)15(4)36)23(38)30-18(9-16-10-28-12-29-16)24(39)32-19(11-35)25(40)33-21(22(27)37)14(3)45-46(42,43)44/h10,12-14,17-21,35H,5-9,11H2,1-4H3,(H2,27,37)(H,28,29)(H,30,38)(H,31,41)(H,32,39)(H,33,40)(H2,42,43,44)/t14?,17-,18-,19-,20?,21?/m0/s1. The van der Waals surface area contributed by atoms with Crippen LogP contribution in [0.25, 0.3) is 0 Å². The van der Waals surface area contributed by atoms with E-state index in [0.717, 1.165) is 6.92 Å². The summed E-state index contributed by atoms with van der Waals surface area (Å²) in [5.74, 6) is -4.89. The van der Waals surface area contributed by atoms with E-state index in [-0.39, 0.29) is 24.7 Å². The molecular formula is C26H43N8O11P. The summed E-state index contributed by atoms with van der Waals surface area (Å²) >= 11 is 0. The van der Waals surface area contributed by atoms with Crippen molar-refractivity contribution in [2.24, 2.45) is 11.7 Å². The monoisotopic (exact) mass is 674 g/mol. The Morgan fingerprint density at radius 1 is 1.04 bits per heavy atom. The number of aliphatic hydroxyl groups excluding tert-OH is 1. The van der Waals surface area contributed by atoms with Crippen molar-refractivity contribution < 1.29 is 52.7 Å². The fourth-order valence-corrected chi connectivity index (χ4v) is 5.46. The minimum atomic E-state index is -5.08. The van der Waals surface area contributed by atoms with E-state index in [1.165, 1.54) is 24.3 Å². The summed E-state index contributed by atoms with van der Waals surface area (Å²) in [7, 11) is -5.08. The Balaban J connectivity index is 2.23. The lowest BCUT2D eigenvalue weighted by Crippen LogP contribution is -2.61. The molecule has 0 bridgehead atoms. The van der Waals surface area contributed by atoms with Gasteiger partial charge < -0.3 is 51.8 Å². The van der Waals surface area contributed by atoms with E-state index < -0.39 is 80.3 Å². The molecular weight excluding hydrogens is 631 g/mol. The lowest BCUT2D eigenvalue weighted by Gasteiger charge is -2.28. The lowest BCUT2D eigenvalue weighted by atomic mass is 10.0. The van der Waals surface area contributed by atoms with E-state index in [4.69, 9.17) is 15.5 Å². The first-order valence-electron chi connectivity index (χ1n) is 14.5. The Labute approximate surface area is 265 Å². The Morgan fingerprint density at radius 2 is 1.65 bits per heavy atom. The number of rotatable bonds is 17. The molecule has 0 saturated carbocycles. The SMILES string of the molecule is CC(=O)N1CCCC1C(=O)N[C@@H](CC(C)C)C(=O)N[C@@H](Cc1cnc[nH]1)C(=O)N[C@@H](CO)C(=O)NC(C(N)=O)C(C)OP(=O)(O)O. The van der Waals surface area contributed by atoms with Crippen LogP contribution in [0, 0.1) is 5.92 Å². The zero-order valence-corrected chi connectivity index (χ0v) is 26.9. The Bertz CT molecular complexity index is 1290. The maximum atomic E-state index is 13.5. The molecule has 1 aliphatic heterocycles. The number of nitrogens with two attached hydrogens (primary N) is 1. The Kier molecular flexibility index (Phi) is 14.3. The highest BCUT2D eigenvalue weighted by Crippen LogP contribution is 2.38. The van der Waals surface area contributed by atoms with Gasteiger partial charge in [0.1, 0.15) is 30.2 Å². The van der Waals surface area contributed by atoms with Gasteiger partial charge >= 0.3 is 7.82 Å². The number of hydrogen-bond acceptors (Lipinski definition) is 10. The van der Waals surface area contributed by atoms with Crippen LogP contribution < -0.4 is 27.0 Å². The van der Waals surface area contributed by atoms with E-state index >= 15 is 0 Å². The summed E-state index contributed by atoms with van der Waals surface area (Å²) in [4.78, 5) is 103. The highest BCUT2D eigenvalue weighted by atomic mass is 31.2. The zero-order valence-electron chi connectivity index (χ0n) is 26.0. The second kappa shape index (κ2) is 17.1. The van der Waals surface area contributed by atoms with Gasteiger partial charge in [-0.1, -0.05) is 13.8 Å². The molecule has 0 spiro atoms. The average Bonchev–Trinajstić information content (AvgIpc) is 3.64. The van der Waals surface area contributed by atoms with Crippen LogP contribution in [0.15, 0.2) is 12.5 Å². The van der Waals surface area contributed by atoms with Gasteiger partial charge in [-0.15, -0.1) is 0 Å². The molecule has 19 nitrogen and oxygen atoms in total. The third-order valence-electron chi connectivity index (χ3n) is 7.10. The largest absolute Gasteiger partial charge is 0.469 e. The fourth-order valence-electron chi connectivity index (χ4n) is 4.90. The molecule has 2 rings (SSSR count). The number of aliphatic hydroxyl groups is 1. The third kappa shape index (κ3) is 11.8. The third-order valence-corrected chi connectivity index (χ3v) is 7.71.